The second-order valence-corrected chi connectivity index (χ2v) is 7.33. The molecule has 0 fully saturated rings. The molecule has 4 aromatic rings. The van der Waals surface area contributed by atoms with Gasteiger partial charge in [0.1, 0.15) is 12.3 Å². The lowest BCUT2D eigenvalue weighted by Gasteiger charge is -2.08. The van der Waals surface area contributed by atoms with Crippen LogP contribution in [0.2, 0.25) is 0 Å². The zero-order chi connectivity index (χ0) is 22.4. The monoisotopic (exact) mass is 425 g/mol. The van der Waals surface area contributed by atoms with Crippen LogP contribution >= 0.6 is 0 Å². The summed E-state index contributed by atoms with van der Waals surface area (Å²) in [6.45, 7) is 3.91. The molecular weight excluding hydrogens is 402 g/mol. The van der Waals surface area contributed by atoms with Crippen LogP contribution in [0, 0.1) is 13.8 Å². The van der Waals surface area contributed by atoms with Crippen LogP contribution in [0.3, 0.4) is 0 Å². The van der Waals surface area contributed by atoms with E-state index in [1.54, 1.807) is 11.5 Å². The number of imidazole rings is 2. The molecule has 0 radical (unpaired) electrons. The Morgan fingerprint density at radius 1 is 1.03 bits per heavy atom. The van der Waals surface area contributed by atoms with E-state index < -0.39 is 23.8 Å². The molecule has 3 aromatic heterocycles. The molecule has 31 heavy (non-hydrogen) atoms. The van der Waals surface area contributed by atoms with E-state index in [-0.39, 0.29) is 11.2 Å². The maximum Gasteiger partial charge on any atom is 0.333 e. The van der Waals surface area contributed by atoms with E-state index in [1.165, 1.54) is 18.7 Å². The minimum absolute atomic E-state index is 0.245. The van der Waals surface area contributed by atoms with Gasteiger partial charge < -0.3 is 14.0 Å². The van der Waals surface area contributed by atoms with Crippen LogP contribution in [0.4, 0.5) is 0 Å². The first-order valence-electron chi connectivity index (χ1n) is 9.65. The van der Waals surface area contributed by atoms with Crippen LogP contribution in [0.1, 0.15) is 17.0 Å². The van der Waals surface area contributed by atoms with Crippen molar-refractivity contribution in [1.82, 2.24) is 23.1 Å². The minimum atomic E-state index is -0.677. The van der Waals surface area contributed by atoms with Gasteiger partial charge in [-0.25, -0.2) is 9.36 Å². The van der Waals surface area contributed by atoms with Gasteiger partial charge in [-0.2, -0.15) is 4.98 Å². The smallest absolute Gasteiger partial charge is 0.333 e. The topological polar surface area (TPSA) is 102 Å². The van der Waals surface area contributed by atoms with E-state index in [1.807, 2.05) is 42.7 Å². The van der Waals surface area contributed by atoms with Crippen LogP contribution in [0.15, 0.2) is 33.9 Å². The Balaban J connectivity index is 1.97. The van der Waals surface area contributed by atoms with Crippen LogP contribution in [0.5, 0.6) is 5.75 Å². The minimum Gasteiger partial charge on any atom is -0.497 e. The van der Waals surface area contributed by atoms with Gasteiger partial charge in [0.05, 0.1) is 20.8 Å². The molecule has 0 aliphatic heterocycles. The van der Waals surface area contributed by atoms with E-state index in [0.29, 0.717) is 12.3 Å². The van der Waals surface area contributed by atoms with Crippen molar-refractivity contribution in [2.24, 2.45) is 7.05 Å². The van der Waals surface area contributed by atoms with Gasteiger partial charge >= 0.3 is 11.7 Å². The average Bonchev–Trinajstić information content (AvgIpc) is 3.27. The van der Waals surface area contributed by atoms with Crippen molar-refractivity contribution in [3.8, 4) is 5.75 Å². The summed E-state index contributed by atoms with van der Waals surface area (Å²) in [5.74, 6) is 0.634. The zero-order valence-electron chi connectivity index (χ0n) is 18.0. The van der Waals surface area contributed by atoms with Crippen molar-refractivity contribution in [3.05, 3.63) is 62.1 Å². The Kier molecular flexibility index (Phi) is 4.92. The predicted molar refractivity (Wildman–Crippen MR) is 114 cm³/mol. The molecule has 1 aromatic carbocycles. The van der Waals surface area contributed by atoms with Gasteiger partial charge in [0.25, 0.3) is 5.56 Å². The summed E-state index contributed by atoms with van der Waals surface area (Å²) in [6.07, 6.45) is 0. The van der Waals surface area contributed by atoms with Crippen molar-refractivity contribution < 1.29 is 14.3 Å². The number of ether oxygens (including phenoxy) is 2. The van der Waals surface area contributed by atoms with Crippen molar-refractivity contribution in [1.29, 1.82) is 0 Å². The van der Waals surface area contributed by atoms with Crippen LogP contribution in [-0.4, -0.2) is 43.3 Å². The second-order valence-electron chi connectivity index (χ2n) is 7.33. The Morgan fingerprint density at radius 2 is 1.71 bits per heavy atom. The van der Waals surface area contributed by atoms with E-state index in [9.17, 15) is 14.4 Å². The van der Waals surface area contributed by atoms with E-state index in [2.05, 4.69) is 9.72 Å². The van der Waals surface area contributed by atoms with Gasteiger partial charge in [-0.1, -0.05) is 12.1 Å². The van der Waals surface area contributed by atoms with E-state index in [4.69, 9.17) is 4.74 Å². The lowest BCUT2D eigenvalue weighted by Crippen LogP contribution is -2.41. The van der Waals surface area contributed by atoms with Crippen molar-refractivity contribution in [2.75, 3.05) is 14.2 Å². The fourth-order valence-corrected chi connectivity index (χ4v) is 3.75. The molecule has 162 valence electrons. The number of hydrogen-bond acceptors (Lipinski definition) is 6. The molecule has 4 rings (SSSR count). The molecule has 0 unspecified atom stereocenters. The lowest BCUT2D eigenvalue weighted by molar-refractivity contribution is -0.141. The molecule has 0 atom stereocenters. The van der Waals surface area contributed by atoms with Gasteiger partial charge in [0.2, 0.25) is 5.78 Å². The predicted octanol–water partition coefficient (Wildman–Crippen LogP) is 0.996. The number of methoxy groups -OCH3 is 2. The Bertz CT molecular complexity index is 1440. The summed E-state index contributed by atoms with van der Waals surface area (Å²) in [5, 5.41) is 0. The first-order valence-corrected chi connectivity index (χ1v) is 9.65. The molecule has 0 aliphatic rings. The van der Waals surface area contributed by atoms with Crippen molar-refractivity contribution in [3.63, 3.8) is 0 Å². The first kappa shape index (κ1) is 20.5. The molecule has 3 heterocycles. The average molecular weight is 425 g/mol. The number of rotatable bonds is 5. The number of hydrogen-bond donors (Lipinski definition) is 0. The summed E-state index contributed by atoms with van der Waals surface area (Å²) in [5.41, 5.74) is 2.10. The Hall–Kier alpha value is -3.82. The number of fused-ring (bicyclic) bond motifs is 3. The molecule has 0 bridgehead atoms. The number of aryl methyl sites for hydroxylation is 2. The molecule has 0 spiro atoms. The Morgan fingerprint density at radius 3 is 2.32 bits per heavy atom. The van der Waals surface area contributed by atoms with Crippen molar-refractivity contribution >= 4 is 22.9 Å². The van der Waals surface area contributed by atoms with Crippen LogP contribution in [-0.2, 0) is 29.7 Å². The number of esters is 1. The number of carbonyl (C=O) groups excluding carboxylic acids is 1. The molecule has 10 heteroatoms. The maximum atomic E-state index is 13.2. The number of nitrogens with zero attached hydrogens (tertiary/aromatic N) is 5. The standard InChI is InChI=1S/C21H23N5O5/c1-12-13(2)26-17-18(23(3)21(29)25(19(17)28)11-16(27)31-5)22-20(26)24(12)10-14-6-8-15(30-4)9-7-14/h6-9H,10-11H2,1-5H3. The number of benzene rings is 1. The van der Waals surface area contributed by atoms with E-state index >= 15 is 0 Å². The quantitative estimate of drug-likeness (QED) is 0.442. The van der Waals surface area contributed by atoms with Crippen molar-refractivity contribution in [2.45, 2.75) is 26.9 Å². The molecule has 0 saturated heterocycles. The highest BCUT2D eigenvalue weighted by Crippen LogP contribution is 2.22. The molecule has 0 N–H and O–H groups in total. The fourth-order valence-electron chi connectivity index (χ4n) is 3.75. The SMILES string of the molecule is COC(=O)Cn1c(=O)c2c(nc3n(Cc4ccc(OC)cc4)c(C)c(C)n23)n(C)c1=O. The normalized spacial score (nSPS) is 11.4. The van der Waals surface area contributed by atoms with E-state index in [0.717, 1.165) is 27.3 Å². The summed E-state index contributed by atoms with van der Waals surface area (Å²) in [4.78, 5) is 42.2. The van der Waals surface area contributed by atoms with Gasteiger partial charge in [-0.3, -0.25) is 18.6 Å². The van der Waals surface area contributed by atoms with Crippen LogP contribution < -0.4 is 16.0 Å². The summed E-state index contributed by atoms with van der Waals surface area (Å²) in [7, 11) is 4.35. The third-order valence-corrected chi connectivity index (χ3v) is 5.64. The van der Waals surface area contributed by atoms with Gasteiger partial charge in [-0.15, -0.1) is 0 Å². The molecule has 10 nitrogen and oxygen atoms in total. The second kappa shape index (κ2) is 7.46. The fraction of sp³-hybridized carbons (Fsp3) is 0.333. The summed E-state index contributed by atoms with van der Waals surface area (Å²) >= 11 is 0. The highest BCUT2D eigenvalue weighted by atomic mass is 16.5. The van der Waals surface area contributed by atoms with Crippen LogP contribution in [0.25, 0.3) is 16.9 Å². The Labute approximate surface area is 176 Å². The maximum absolute atomic E-state index is 13.2. The highest BCUT2D eigenvalue weighted by molar-refractivity contribution is 5.77. The lowest BCUT2D eigenvalue weighted by atomic mass is 10.2. The number of aromatic nitrogens is 5. The third-order valence-electron chi connectivity index (χ3n) is 5.64. The third kappa shape index (κ3) is 3.11. The summed E-state index contributed by atoms with van der Waals surface area (Å²) in [6, 6.07) is 7.70. The van der Waals surface area contributed by atoms with Gasteiger partial charge in [-0.05, 0) is 31.5 Å². The largest absolute Gasteiger partial charge is 0.497 e. The molecular formula is C21H23N5O5. The number of carbonyl (C=O) groups is 1. The van der Waals surface area contributed by atoms with Gasteiger partial charge in [0.15, 0.2) is 11.2 Å². The summed E-state index contributed by atoms with van der Waals surface area (Å²) < 4.78 is 15.7. The first-order chi connectivity index (χ1) is 14.8. The molecule has 0 amide bonds. The highest BCUT2D eigenvalue weighted by Gasteiger charge is 2.23. The zero-order valence-corrected chi connectivity index (χ0v) is 18.0. The molecule has 0 aliphatic carbocycles. The van der Waals surface area contributed by atoms with Gasteiger partial charge in [0, 0.05) is 18.4 Å². The molecule has 0 saturated carbocycles.